The number of nitrogens with one attached hydrogen (secondary N) is 1. The maximum atomic E-state index is 13.5. The first-order chi connectivity index (χ1) is 17.8. The third-order valence-corrected chi connectivity index (χ3v) is 6.82. The van der Waals surface area contributed by atoms with Crippen molar-refractivity contribution in [2.24, 2.45) is 11.1 Å². The highest BCUT2D eigenvalue weighted by atomic mass is 19.4. The van der Waals surface area contributed by atoms with Gasteiger partial charge in [-0.05, 0) is 52.3 Å². The highest BCUT2D eigenvalue weighted by Crippen LogP contribution is 2.46. The van der Waals surface area contributed by atoms with Gasteiger partial charge in [0, 0.05) is 18.7 Å². The molecule has 3 aromatic rings. The molecule has 7 nitrogen and oxygen atoms in total. The van der Waals surface area contributed by atoms with Crippen molar-refractivity contribution in [3.05, 3.63) is 77.0 Å². The summed E-state index contributed by atoms with van der Waals surface area (Å²) in [7, 11) is 0. The Balaban J connectivity index is 1.76. The second-order valence-electron chi connectivity index (χ2n) is 10.7. The number of carbonyl (C=O) groups is 2. The van der Waals surface area contributed by atoms with Gasteiger partial charge in [-0.25, -0.2) is 9.78 Å². The van der Waals surface area contributed by atoms with E-state index in [2.05, 4.69) is 10.3 Å². The third-order valence-electron chi connectivity index (χ3n) is 6.82. The SMILES string of the molecule is CC(CNC(=O)N1CCc2c(-c3cccc(C(F)(F)F)c3)ccc(C(N)=O)c2C1C(C)(C)C)c1ncco1. The Bertz CT molecular complexity index is 1330. The normalized spacial score (nSPS) is 16.6. The van der Waals surface area contributed by atoms with Crippen molar-refractivity contribution >= 4 is 11.9 Å². The van der Waals surface area contributed by atoms with Crippen LogP contribution in [-0.2, 0) is 12.6 Å². The number of urea groups is 1. The molecule has 1 aliphatic heterocycles. The first kappa shape index (κ1) is 27.2. The lowest BCUT2D eigenvalue weighted by Gasteiger charge is -2.45. The summed E-state index contributed by atoms with van der Waals surface area (Å²) >= 11 is 0. The van der Waals surface area contributed by atoms with E-state index in [1.165, 1.54) is 18.5 Å². The number of alkyl halides is 3. The molecule has 2 atom stereocenters. The zero-order valence-electron chi connectivity index (χ0n) is 21.7. The fourth-order valence-electron chi connectivity index (χ4n) is 5.14. The Kier molecular flexibility index (Phi) is 7.27. The molecule has 0 saturated heterocycles. The van der Waals surface area contributed by atoms with Crippen molar-refractivity contribution in [3.63, 3.8) is 0 Å². The molecule has 0 bridgehead atoms. The molecule has 4 rings (SSSR count). The number of halogens is 3. The smallest absolute Gasteiger partial charge is 0.416 e. The Hall–Kier alpha value is -3.82. The number of benzene rings is 2. The topological polar surface area (TPSA) is 101 Å². The molecule has 2 heterocycles. The lowest BCUT2D eigenvalue weighted by atomic mass is 9.73. The molecule has 3 N–H and O–H groups in total. The molecule has 38 heavy (non-hydrogen) atoms. The highest BCUT2D eigenvalue weighted by molar-refractivity contribution is 5.96. The van der Waals surface area contributed by atoms with Gasteiger partial charge < -0.3 is 20.4 Å². The van der Waals surface area contributed by atoms with E-state index in [0.717, 1.165) is 17.7 Å². The number of hydrogen-bond acceptors (Lipinski definition) is 4. The molecule has 10 heteroatoms. The number of amides is 3. The zero-order valence-corrected chi connectivity index (χ0v) is 21.7. The van der Waals surface area contributed by atoms with Crippen molar-refractivity contribution in [2.75, 3.05) is 13.1 Å². The number of nitrogens with zero attached hydrogens (tertiary/aromatic N) is 2. The fraction of sp³-hybridized carbons (Fsp3) is 0.393. The Morgan fingerprint density at radius 1 is 1.21 bits per heavy atom. The minimum Gasteiger partial charge on any atom is -0.449 e. The molecular formula is C28H31F3N4O3. The molecule has 202 valence electrons. The summed E-state index contributed by atoms with van der Waals surface area (Å²) < 4.78 is 45.7. The molecular weight excluding hydrogens is 497 g/mol. The van der Waals surface area contributed by atoms with Crippen molar-refractivity contribution in [1.29, 1.82) is 0 Å². The van der Waals surface area contributed by atoms with Crippen molar-refractivity contribution in [2.45, 2.75) is 52.3 Å². The summed E-state index contributed by atoms with van der Waals surface area (Å²) in [6, 6.07) is 7.41. The van der Waals surface area contributed by atoms with E-state index in [4.69, 9.17) is 10.2 Å². The molecule has 0 aliphatic carbocycles. The summed E-state index contributed by atoms with van der Waals surface area (Å²) in [6.07, 6.45) is -1.14. The molecule has 2 unspecified atom stereocenters. The Morgan fingerprint density at radius 2 is 1.95 bits per heavy atom. The van der Waals surface area contributed by atoms with E-state index in [0.29, 0.717) is 35.5 Å². The first-order valence-corrected chi connectivity index (χ1v) is 12.4. The number of rotatable bonds is 5. The van der Waals surface area contributed by atoms with E-state index in [-0.39, 0.29) is 24.1 Å². The molecule has 0 fully saturated rings. The van der Waals surface area contributed by atoms with Gasteiger partial charge in [0.15, 0.2) is 5.89 Å². The number of carbonyl (C=O) groups excluding carboxylic acids is 2. The average Bonchev–Trinajstić information content (AvgIpc) is 3.39. The third kappa shape index (κ3) is 5.39. The monoisotopic (exact) mass is 528 g/mol. The quantitative estimate of drug-likeness (QED) is 0.429. The molecule has 1 aliphatic rings. The Morgan fingerprint density at radius 3 is 2.55 bits per heavy atom. The van der Waals surface area contributed by atoms with Gasteiger partial charge in [-0.1, -0.05) is 45.9 Å². The van der Waals surface area contributed by atoms with Gasteiger partial charge in [0.25, 0.3) is 0 Å². The summed E-state index contributed by atoms with van der Waals surface area (Å²) in [4.78, 5) is 31.8. The Labute approximate surface area is 219 Å². The molecule has 0 spiro atoms. The van der Waals surface area contributed by atoms with Crippen molar-refractivity contribution < 1.29 is 27.2 Å². The lowest BCUT2D eigenvalue weighted by molar-refractivity contribution is -0.137. The second kappa shape index (κ2) is 10.2. The van der Waals surface area contributed by atoms with Crippen LogP contribution in [0, 0.1) is 5.41 Å². The van der Waals surface area contributed by atoms with Crippen LogP contribution >= 0.6 is 0 Å². The molecule has 3 amide bonds. The molecule has 0 radical (unpaired) electrons. The minimum atomic E-state index is -4.49. The van der Waals surface area contributed by atoms with Crippen LogP contribution in [0.5, 0.6) is 0 Å². The van der Waals surface area contributed by atoms with Gasteiger partial charge in [-0.15, -0.1) is 0 Å². The second-order valence-corrected chi connectivity index (χ2v) is 10.7. The summed E-state index contributed by atoms with van der Waals surface area (Å²) in [5.74, 6) is -0.318. The van der Waals surface area contributed by atoms with Crippen LogP contribution in [0.3, 0.4) is 0 Å². The molecule has 1 aromatic heterocycles. The van der Waals surface area contributed by atoms with Crippen LogP contribution in [0.1, 0.15) is 72.6 Å². The largest absolute Gasteiger partial charge is 0.449 e. The molecule has 0 saturated carbocycles. The van der Waals surface area contributed by atoms with Crippen molar-refractivity contribution in [1.82, 2.24) is 15.2 Å². The van der Waals surface area contributed by atoms with E-state index in [1.54, 1.807) is 23.1 Å². The van der Waals surface area contributed by atoms with Crippen LogP contribution in [0.2, 0.25) is 0 Å². The maximum absolute atomic E-state index is 13.5. The van der Waals surface area contributed by atoms with Gasteiger partial charge in [0.2, 0.25) is 5.91 Å². The minimum absolute atomic E-state index is 0.159. The van der Waals surface area contributed by atoms with Gasteiger partial charge in [-0.3, -0.25) is 4.79 Å². The van der Waals surface area contributed by atoms with E-state index in [1.807, 2.05) is 27.7 Å². The van der Waals surface area contributed by atoms with Gasteiger partial charge >= 0.3 is 12.2 Å². The lowest BCUT2D eigenvalue weighted by Crippen LogP contribution is -2.50. The number of oxazole rings is 1. The fourth-order valence-corrected chi connectivity index (χ4v) is 5.14. The van der Waals surface area contributed by atoms with Gasteiger partial charge in [0.05, 0.1) is 23.7 Å². The standard InChI is InChI=1S/C28H31F3N4O3/c1-16(25-33-11-13-38-25)15-34-26(37)35-12-10-20-19(17-6-5-7-18(14-17)28(29,30)31)8-9-21(24(32)36)22(20)23(35)27(2,3)4/h5-9,11,13-14,16,23H,10,12,15H2,1-4H3,(H2,32,36)(H,34,37). The average molecular weight is 529 g/mol. The number of aromatic nitrogens is 1. The zero-order chi connectivity index (χ0) is 27.8. The predicted octanol–water partition coefficient (Wildman–Crippen LogP) is 5.92. The molecule has 2 aromatic carbocycles. The van der Waals surface area contributed by atoms with Gasteiger partial charge in [-0.2, -0.15) is 13.2 Å². The van der Waals surface area contributed by atoms with Crippen LogP contribution in [-0.4, -0.2) is 34.9 Å². The summed E-state index contributed by atoms with van der Waals surface area (Å²) in [6.45, 7) is 8.32. The number of fused-ring (bicyclic) bond motifs is 1. The summed E-state index contributed by atoms with van der Waals surface area (Å²) in [5, 5.41) is 2.94. The number of nitrogens with two attached hydrogens (primary N) is 1. The predicted molar refractivity (Wildman–Crippen MR) is 136 cm³/mol. The summed E-state index contributed by atoms with van der Waals surface area (Å²) in [5.41, 5.74) is 6.99. The number of primary amides is 1. The van der Waals surface area contributed by atoms with Crippen LogP contribution < -0.4 is 11.1 Å². The van der Waals surface area contributed by atoms with Crippen LogP contribution in [0.4, 0.5) is 18.0 Å². The van der Waals surface area contributed by atoms with Gasteiger partial charge in [0.1, 0.15) is 6.26 Å². The van der Waals surface area contributed by atoms with E-state index >= 15 is 0 Å². The van der Waals surface area contributed by atoms with Crippen LogP contribution in [0.25, 0.3) is 11.1 Å². The van der Waals surface area contributed by atoms with E-state index < -0.39 is 29.1 Å². The maximum Gasteiger partial charge on any atom is 0.416 e. The highest BCUT2D eigenvalue weighted by Gasteiger charge is 2.42. The van der Waals surface area contributed by atoms with E-state index in [9.17, 15) is 22.8 Å². The first-order valence-electron chi connectivity index (χ1n) is 12.4. The van der Waals surface area contributed by atoms with Crippen molar-refractivity contribution in [3.8, 4) is 11.1 Å². The van der Waals surface area contributed by atoms with Crippen LogP contribution in [0.15, 0.2) is 53.3 Å². The number of hydrogen-bond donors (Lipinski definition) is 2.